The molecule has 0 fully saturated rings. The third-order valence-corrected chi connectivity index (χ3v) is 2.16. The van der Waals surface area contributed by atoms with E-state index in [0.717, 1.165) is 17.0 Å². The normalized spacial score (nSPS) is 9.62. The second-order valence-electron chi connectivity index (χ2n) is 3.14. The van der Waals surface area contributed by atoms with E-state index in [4.69, 9.17) is 15.0 Å². The highest BCUT2D eigenvalue weighted by atomic mass is 35.5. The molecule has 1 aromatic heterocycles. The molecule has 0 aliphatic carbocycles. The Bertz CT molecular complexity index is 465. The number of ether oxygens (including phenoxy) is 1. The molecule has 1 aromatic carbocycles. The summed E-state index contributed by atoms with van der Waals surface area (Å²) in [6.07, 6.45) is 0. The molecule has 0 bridgehead atoms. The molecule has 1 heterocycles. The number of hydrogen-bond donors (Lipinski definition) is 1. The predicted molar refractivity (Wildman–Crippen MR) is 54.1 cm³/mol. The zero-order chi connectivity index (χ0) is 10.8. The molecule has 0 atom stereocenters. The van der Waals surface area contributed by atoms with Crippen LogP contribution in [-0.4, -0.2) is 12.4 Å². The number of aryl methyl sites for hydroxylation is 1. The number of methoxy groups -OCH3 is 1. The van der Waals surface area contributed by atoms with E-state index in [9.17, 15) is 0 Å². The number of rotatable bonds is 2. The van der Waals surface area contributed by atoms with Crippen LogP contribution >= 0.6 is 0 Å². The molecular weight excluding hydrogens is 230 g/mol. The predicted octanol–water partition coefficient (Wildman–Crippen LogP) is -2.24. The maximum absolute atomic E-state index is 5.67. The first-order chi connectivity index (χ1) is 7.22. The van der Waals surface area contributed by atoms with Crippen LogP contribution in [0, 0.1) is 0 Å². The average molecular weight is 242 g/mol. The highest BCUT2D eigenvalue weighted by Gasteiger charge is 2.21. The maximum Gasteiger partial charge on any atom is 0.304 e. The van der Waals surface area contributed by atoms with Crippen LogP contribution in [0.25, 0.3) is 11.3 Å². The lowest BCUT2D eigenvalue weighted by Crippen LogP contribution is -3.00. The second kappa shape index (κ2) is 4.85. The van der Waals surface area contributed by atoms with E-state index < -0.39 is 0 Å². The third kappa shape index (κ3) is 2.09. The van der Waals surface area contributed by atoms with Gasteiger partial charge in [-0.15, -0.1) is 0 Å². The number of anilines is 1. The molecule has 5 nitrogen and oxygen atoms in total. The second-order valence-corrected chi connectivity index (χ2v) is 3.14. The van der Waals surface area contributed by atoms with Crippen molar-refractivity contribution in [2.45, 2.75) is 0 Å². The number of aromatic nitrogens is 2. The van der Waals surface area contributed by atoms with Crippen molar-refractivity contribution < 1.29 is 26.3 Å². The van der Waals surface area contributed by atoms with Gasteiger partial charge in [-0.3, -0.25) is 4.52 Å². The van der Waals surface area contributed by atoms with Crippen LogP contribution in [0.2, 0.25) is 0 Å². The number of nitrogens with zero attached hydrogens (tertiary/aromatic N) is 2. The van der Waals surface area contributed by atoms with E-state index in [1.54, 1.807) is 18.8 Å². The van der Waals surface area contributed by atoms with Gasteiger partial charge >= 0.3 is 11.6 Å². The highest BCUT2D eigenvalue weighted by molar-refractivity contribution is 5.66. The summed E-state index contributed by atoms with van der Waals surface area (Å²) in [5, 5.41) is 3.72. The van der Waals surface area contributed by atoms with Gasteiger partial charge in [-0.05, 0) is 22.9 Å². The Balaban J connectivity index is 0.00000128. The summed E-state index contributed by atoms with van der Waals surface area (Å²) in [5.41, 5.74) is 7.33. The molecule has 0 amide bonds. The van der Waals surface area contributed by atoms with E-state index in [1.807, 2.05) is 24.3 Å². The Morgan fingerprint density at radius 2 is 2.19 bits per heavy atom. The minimum Gasteiger partial charge on any atom is -1.00 e. The Kier molecular flexibility index (Phi) is 3.73. The summed E-state index contributed by atoms with van der Waals surface area (Å²) in [4.78, 5) is 0. The van der Waals surface area contributed by atoms with Crippen molar-refractivity contribution in [3.05, 3.63) is 24.3 Å². The third-order valence-electron chi connectivity index (χ3n) is 2.16. The van der Waals surface area contributed by atoms with E-state index in [0.29, 0.717) is 5.88 Å². The van der Waals surface area contributed by atoms with E-state index in [-0.39, 0.29) is 12.4 Å². The van der Waals surface area contributed by atoms with E-state index >= 15 is 0 Å². The van der Waals surface area contributed by atoms with Gasteiger partial charge in [0, 0.05) is 0 Å². The Hall–Kier alpha value is -1.75. The number of halogens is 1. The minimum atomic E-state index is 0. The van der Waals surface area contributed by atoms with Crippen molar-refractivity contribution in [2.24, 2.45) is 7.05 Å². The summed E-state index contributed by atoms with van der Waals surface area (Å²) in [6.45, 7) is 0. The van der Waals surface area contributed by atoms with E-state index in [2.05, 4.69) is 5.27 Å². The molecule has 2 N–H and O–H groups in total. The Morgan fingerprint density at radius 3 is 2.75 bits per heavy atom. The number of benzene rings is 1. The van der Waals surface area contributed by atoms with Gasteiger partial charge < -0.3 is 22.9 Å². The first-order valence-corrected chi connectivity index (χ1v) is 4.48. The van der Waals surface area contributed by atoms with Gasteiger partial charge in [-0.1, -0.05) is 6.07 Å². The first kappa shape index (κ1) is 12.3. The molecule has 6 heteroatoms. The van der Waals surface area contributed by atoms with Crippen molar-refractivity contribution in [1.29, 1.82) is 0 Å². The summed E-state index contributed by atoms with van der Waals surface area (Å²) >= 11 is 0. The molecule has 0 aliphatic rings. The lowest BCUT2D eigenvalue weighted by atomic mass is 10.1. The SMILES string of the molecule is COc1cccc(-c2c(N)on[n+]2C)c1.[Cl-]. The maximum atomic E-state index is 5.67. The van der Waals surface area contributed by atoms with Crippen molar-refractivity contribution in [1.82, 2.24) is 5.27 Å². The standard InChI is InChI=1S/C10H12N3O2.ClH/c1-13-9(10(11)15-12-13)7-4-3-5-8(6-7)14-2;/h3-6H,11H2,1-2H3;1H/q+1;/p-1. The molecule has 0 aliphatic heterocycles. The van der Waals surface area contributed by atoms with Gasteiger partial charge in [-0.25, -0.2) is 0 Å². The topological polar surface area (TPSA) is 65.2 Å². The van der Waals surface area contributed by atoms with Crippen LogP contribution in [0.1, 0.15) is 0 Å². The fourth-order valence-electron chi connectivity index (χ4n) is 1.45. The molecule has 0 spiro atoms. The van der Waals surface area contributed by atoms with Crippen LogP contribution < -0.4 is 27.6 Å². The van der Waals surface area contributed by atoms with Gasteiger partial charge in [-0.2, -0.15) is 0 Å². The van der Waals surface area contributed by atoms with Crippen LogP contribution in [0.15, 0.2) is 28.8 Å². The lowest BCUT2D eigenvalue weighted by Gasteiger charge is -1.99. The zero-order valence-electron chi connectivity index (χ0n) is 8.98. The monoisotopic (exact) mass is 241 g/mol. The molecular formula is C10H12ClN3O2. The zero-order valence-corrected chi connectivity index (χ0v) is 9.73. The average Bonchev–Trinajstić information content (AvgIpc) is 2.59. The summed E-state index contributed by atoms with van der Waals surface area (Å²) in [6, 6.07) is 7.56. The molecule has 0 radical (unpaired) electrons. The van der Waals surface area contributed by atoms with E-state index in [1.165, 1.54) is 0 Å². The number of hydrogen-bond acceptors (Lipinski definition) is 4. The fraction of sp³-hybridized carbons (Fsp3) is 0.200. The van der Waals surface area contributed by atoms with Gasteiger partial charge in [0.2, 0.25) is 5.27 Å². The summed E-state index contributed by atoms with van der Waals surface area (Å²) in [7, 11) is 3.39. The fourth-order valence-corrected chi connectivity index (χ4v) is 1.45. The van der Waals surface area contributed by atoms with Crippen LogP contribution in [0.3, 0.4) is 0 Å². The molecule has 0 saturated carbocycles. The van der Waals surface area contributed by atoms with Gasteiger partial charge in [0.1, 0.15) is 5.75 Å². The van der Waals surface area contributed by atoms with Crippen LogP contribution in [-0.2, 0) is 7.05 Å². The van der Waals surface area contributed by atoms with Crippen molar-refractivity contribution >= 4 is 5.88 Å². The minimum absolute atomic E-state index is 0. The van der Waals surface area contributed by atoms with Crippen LogP contribution in [0.4, 0.5) is 5.88 Å². The Labute approximate surface area is 99.2 Å². The van der Waals surface area contributed by atoms with Crippen molar-refractivity contribution in [2.75, 3.05) is 12.8 Å². The van der Waals surface area contributed by atoms with Crippen LogP contribution in [0.5, 0.6) is 5.75 Å². The molecule has 16 heavy (non-hydrogen) atoms. The molecule has 0 saturated heterocycles. The number of nitrogens with two attached hydrogens (primary N) is 1. The first-order valence-electron chi connectivity index (χ1n) is 4.48. The molecule has 86 valence electrons. The number of nitrogen functional groups attached to an aromatic ring is 1. The highest BCUT2D eigenvalue weighted by Crippen LogP contribution is 2.24. The quantitative estimate of drug-likeness (QED) is 0.604. The van der Waals surface area contributed by atoms with Gasteiger partial charge in [0.25, 0.3) is 0 Å². The largest absolute Gasteiger partial charge is 1.00 e. The molecule has 0 unspecified atom stereocenters. The van der Waals surface area contributed by atoms with Gasteiger partial charge in [0.15, 0.2) is 7.05 Å². The van der Waals surface area contributed by atoms with Gasteiger partial charge in [0.05, 0.1) is 12.7 Å². The Morgan fingerprint density at radius 1 is 1.44 bits per heavy atom. The molecule has 2 aromatic rings. The van der Waals surface area contributed by atoms with Crippen molar-refractivity contribution in [3.8, 4) is 17.0 Å². The summed E-state index contributed by atoms with van der Waals surface area (Å²) < 4.78 is 11.6. The molecule has 2 rings (SSSR count). The lowest BCUT2D eigenvalue weighted by molar-refractivity contribution is -0.730. The smallest absolute Gasteiger partial charge is 0.304 e. The van der Waals surface area contributed by atoms with Crippen molar-refractivity contribution in [3.63, 3.8) is 0 Å². The summed E-state index contributed by atoms with van der Waals surface area (Å²) in [5.74, 6) is 1.07.